The van der Waals surface area contributed by atoms with Crippen LogP contribution in [0.2, 0.25) is 0 Å². The van der Waals surface area contributed by atoms with Crippen LogP contribution in [0, 0.1) is 11.6 Å². The molecule has 0 bridgehead atoms. The molecule has 4 rings (SSSR count). The van der Waals surface area contributed by atoms with Crippen molar-refractivity contribution in [1.29, 1.82) is 0 Å². The lowest BCUT2D eigenvalue weighted by molar-refractivity contribution is -0.126. The van der Waals surface area contributed by atoms with Crippen LogP contribution in [0.1, 0.15) is 35.2 Å². The molecule has 9 heteroatoms. The number of piperidine rings is 1. The molecule has 3 heterocycles. The smallest absolute Gasteiger partial charge is 0.256 e. The summed E-state index contributed by atoms with van der Waals surface area (Å²) in [6.07, 6.45) is 4.29. The summed E-state index contributed by atoms with van der Waals surface area (Å²) in [7, 11) is 0. The Hall–Kier alpha value is -2.91. The van der Waals surface area contributed by atoms with E-state index in [0.29, 0.717) is 45.4 Å². The summed E-state index contributed by atoms with van der Waals surface area (Å²) >= 11 is 0. The van der Waals surface area contributed by atoms with Crippen LogP contribution in [0.3, 0.4) is 0 Å². The van der Waals surface area contributed by atoms with E-state index in [9.17, 15) is 23.5 Å². The predicted octanol–water partition coefficient (Wildman–Crippen LogP) is 1.72. The molecule has 2 N–H and O–H groups in total. The Bertz CT molecular complexity index is 967. The van der Waals surface area contributed by atoms with E-state index in [1.54, 1.807) is 18.5 Å². The predicted molar refractivity (Wildman–Crippen MR) is 112 cm³/mol. The van der Waals surface area contributed by atoms with Gasteiger partial charge in [-0.15, -0.1) is 0 Å². The molecule has 2 aliphatic rings. The minimum Gasteiger partial charge on any atom is -0.392 e. The van der Waals surface area contributed by atoms with Gasteiger partial charge in [0.1, 0.15) is 11.6 Å². The summed E-state index contributed by atoms with van der Waals surface area (Å²) < 4.78 is 27.4. The fraction of sp³-hybridized carbons (Fsp3) is 0.435. The van der Waals surface area contributed by atoms with Gasteiger partial charge >= 0.3 is 0 Å². The number of likely N-dealkylation sites (tertiary alicyclic amines) is 2. The number of rotatable bonds is 5. The van der Waals surface area contributed by atoms with Crippen molar-refractivity contribution in [1.82, 2.24) is 20.1 Å². The molecule has 0 radical (unpaired) electrons. The second-order valence-corrected chi connectivity index (χ2v) is 8.33. The van der Waals surface area contributed by atoms with Gasteiger partial charge in [0, 0.05) is 44.6 Å². The normalized spacial score (nSPS) is 22.2. The molecule has 2 fully saturated rings. The number of nitrogens with one attached hydrogen (secondary N) is 1. The van der Waals surface area contributed by atoms with Crippen molar-refractivity contribution in [2.24, 2.45) is 0 Å². The van der Waals surface area contributed by atoms with Crippen molar-refractivity contribution in [2.75, 3.05) is 19.6 Å². The van der Waals surface area contributed by atoms with Gasteiger partial charge in [-0.3, -0.25) is 19.5 Å². The van der Waals surface area contributed by atoms with E-state index >= 15 is 0 Å². The summed E-state index contributed by atoms with van der Waals surface area (Å²) in [4.78, 5) is 33.0. The number of aliphatic hydroxyl groups is 1. The first-order chi connectivity index (χ1) is 15.4. The van der Waals surface area contributed by atoms with Gasteiger partial charge in [-0.2, -0.15) is 0 Å². The molecule has 32 heavy (non-hydrogen) atoms. The first-order valence-corrected chi connectivity index (χ1v) is 10.8. The van der Waals surface area contributed by atoms with Gasteiger partial charge < -0.3 is 15.3 Å². The highest BCUT2D eigenvalue weighted by atomic mass is 19.1. The van der Waals surface area contributed by atoms with Crippen molar-refractivity contribution < 1.29 is 23.5 Å². The Morgan fingerprint density at radius 1 is 1.19 bits per heavy atom. The molecular formula is C23H26F2N4O3. The summed E-state index contributed by atoms with van der Waals surface area (Å²) in [6.45, 7) is 1.49. The number of pyridine rings is 1. The number of benzene rings is 1. The van der Waals surface area contributed by atoms with Crippen LogP contribution in [0.15, 0.2) is 42.7 Å². The lowest BCUT2D eigenvalue weighted by Crippen LogP contribution is -2.52. The van der Waals surface area contributed by atoms with Gasteiger partial charge in [-0.05, 0) is 49.1 Å². The van der Waals surface area contributed by atoms with Crippen LogP contribution < -0.4 is 5.32 Å². The molecule has 2 amide bonds. The number of carbonyl (C=O) groups is 2. The number of hydrogen-bond donors (Lipinski definition) is 2. The van der Waals surface area contributed by atoms with E-state index in [2.05, 4.69) is 10.3 Å². The molecule has 1 aromatic heterocycles. The quantitative estimate of drug-likeness (QED) is 0.734. The highest BCUT2D eigenvalue weighted by Crippen LogP contribution is 2.27. The summed E-state index contributed by atoms with van der Waals surface area (Å²) in [6, 6.07) is 6.10. The Morgan fingerprint density at radius 3 is 2.69 bits per heavy atom. The van der Waals surface area contributed by atoms with E-state index in [1.807, 2.05) is 11.0 Å². The fourth-order valence-electron chi connectivity index (χ4n) is 4.54. The van der Waals surface area contributed by atoms with Crippen LogP contribution in [0.25, 0.3) is 0 Å². The van der Waals surface area contributed by atoms with E-state index < -0.39 is 29.7 Å². The number of carbonyl (C=O) groups excluding carboxylic acids is 2. The Kier molecular flexibility index (Phi) is 6.76. The van der Waals surface area contributed by atoms with Crippen LogP contribution in [0.5, 0.6) is 0 Å². The minimum atomic E-state index is -0.744. The van der Waals surface area contributed by atoms with E-state index in [-0.39, 0.29) is 17.5 Å². The lowest BCUT2D eigenvalue weighted by Gasteiger charge is -2.39. The second kappa shape index (κ2) is 9.70. The molecule has 2 aromatic rings. The van der Waals surface area contributed by atoms with Gasteiger partial charge in [-0.1, -0.05) is 6.07 Å². The van der Waals surface area contributed by atoms with E-state index in [1.165, 1.54) is 4.90 Å². The largest absolute Gasteiger partial charge is 0.392 e. The van der Waals surface area contributed by atoms with Crippen molar-refractivity contribution in [3.63, 3.8) is 0 Å². The van der Waals surface area contributed by atoms with E-state index in [4.69, 9.17) is 0 Å². The molecule has 0 saturated carbocycles. The molecule has 2 atom stereocenters. The monoisotopic (exact) mass is 444 g/mol. The SMILES string of the molecule is O=C(NCc1cccnc1)[C@@H]1C[C@@H](O)CN1C1CCN(C(=O)c2cc(F)ccc2F)CC1. The average molecular weight is 444 g/mol. The Balaban J connectivity index is 1.35. The van der Waals surface area contributed by atoms with Gasteiger partial charge in [0.25, 0.3) is 5.91 Å². The average Bonchev–Trinajstić information content (AvgIpc) is 3.21. The summed E-state index contributed by atoms with van der Waals surface area (Å²) in [5.74, 6) is -2.08. The standard InChI is InChI=1S/C23H26F2N4O3/c24-16-3-4-20(25)19(10-16)23(32)28-8-5-17(6-9-28)29-14-18(30)11-21(29)22(31)27-13-15-2-1-7-26-12-15/h1-4,7,10,12,17-18,21,30H,5-6,8-9,11,13-14H2,(H,27,31)/t18-,21+/m1/s1. The molecule has 2 aliphatic heterocycles. The number of amides is 2. The van der Waals surface area contributed by atoms with Crippen LogP contribution >= 0.6 is 0 Å². The van der Waals surface area contributed by atoms with E-state index in [0.717, 1.165) is 23.8 Å². The molecule has 170 valence electrons. The molecule has 1 aromatic carbocycles. The van der Waals surface area contributed by atoms with Crippen molar-refractivity contribution >= 4 is 11.8 Å². The highest BCUT2D eigenvalue weighted by molar-refractivity contribution is 5.94. The first-order valence-electron chi connectivity index (χ1n) is 10.8. The summed E-state index contributed by atoms with van der Waals surface area (Å²) in [5, 5.41) is 13.1. The number of aromatic nitrogens is 1. The van der Waals surface area contributed by atoms with Crippen molar-refractivity contribution in [2.45, 2.75) is 44.0 Å². The fourth-order valence-corrected chi connectivity index (χ4v) is 4.54. The van der Waals surface area contributed by atoms with Crippen LogP contribution in [0.4, 0.5) is 8.78 Å². The highest BCUT2D eigenvalue weighted by Gasteiger charge is 2.41. The zero-order chi connectivity index (χ0) is 22.7. The minimum absolute atomic E-state index is 0.0164. The third-order valence-corrected chi connectivity index (χ3v) is 6.19. The zero-order valence-corrected chi connectivity index (χ0v) is 17.6. The summed E-state index contributed by atoms with van der Waals surface area (Å²) in [5.41, 5.74) is 0.620. The molecule has 0 unspecified atom stereocenters. The van der Waals surface area contributed by atoms with Gasteiger partial charge in [0.2, 0.25) is 5.91 Å². The molecular weight excluding hydrogens is 418 g/mol. The number of hydrogen-bond acceptors (Lipinski definition) is 5. The number of β-amino-alcohol motifs (C(OH)–C–C–N with tert-alkyl or cyclic N) is 1. The third-order valence-electron chi connectivity index (χ3n) is 6.19. The number of aliphatic hydroxyl groups excluding tert-OH is 1. The molecule has 0 aliphatic carbocycles. The topological polar surface area (TPSA) is 85.8 Å². The maximum absolute atomic E-state index is 14.0. The lowest BCUT2D eigenvalue weighted by atomic mass is 10.0. The first kappa shape index (κ1) is 22.3. The van der Waals surface area contributed by atoms with Gasteiger partial charge in [0.05, 0.1) is 17.7 Å². The van der Waals surface area contributed by atoms with Crippen molar-refractivity contribution in [3.05, 3.63) is 65.5 Å². The second-order valence-electron chi connectivity index (χ2n) is 8.33. The number of halogens is 2. The molecule has 7 nitrogen and oxygen atoms in total. The maximum Gasteiger partial charge on any atom is 0.256 e. The third kappa shape index (κ3) is 4.94. The number of nitrogens with zero attached hydrogens (tertiary/aromatic N) is 3. The van der Waals surface area contributed by atoms with Gasteiger partial charge in [-0.25, -0.2) is 8.78 Å². The van der Waals surface area contributed by atoms with Crippen LogP contribution in [-0.2, 0) is 11.3 Å². The molecule has 2 saturated heterocycles. The zero-order valence-electron chi connectivity index (χ0n) is 17.6. The van der Waals surface area contributed by atoms with Gasteiger partial charge in [0.15, 0.2) is 0 Å². The maximum atomic E-state index is 14.0. The molecule has 0 spiro atoms. The van der Waals surface area contributed by atoms with Crippen molar-refractivity contribution in [3.8, 4) is 0 Å². The Morgan fingerprint density at radius 2 is 1.97 bits per heavy atom. The van der Waals surface area contributed by atoms with Crippen LogP contribution in [-0.4, -0.2) is 69.5 Å². The Labute approximate surface area is 185 Å².